The van der Waals surface area contributed by atoms with Crippen LogP contribution in [-0.4, -0.2) is 38.0 Å². The van der Waals surface area contributed by atoms with Crippen LogP contribution in [-0.2, 0) is 17.5 Å². The van der Waals surface area contributed by atoms with Crippen LogP contribution in [0.25, 0.3) is 5.95 Å². The molecule has 7 nitrogen and oxygen atoms in total. The summed E-state index contributed by atoms with van der Waals surface area (Å²) in [5, 5.41) is 2.51. The van der Waals surface area contributed by atoms with E-state index in [-0.39, 0.29) is 18.0 Å². The minimum atomic E-state index is -4.84. The van der Waals surface area contributed by atoms with Crippen LogP contribution in [0.15, 0.2) is 49.2 Å². The Bertz CT molecular complexity index is 1100. The lowest BCUT2D eigenvalue weighted by atomic mass is 9.98. The van der Waals surface area contributed by atoms with E-state index in [1.54, 1.807) is 35.6 Å². The van der Waals surface area contributed by atoms with Crippen molar-refractivity contribution in [1.29, 1.82) is 0 Å². The van der Waals surface area contributed by atoms with Crippen LogP contribution in [0.1, 0.15) is 36.8 Å². The van der Waals surface area contributed by atoms with Crippen LogP contribution in [0, 0.1) is 5.82 Å². The van der Waals surface area contributed by atoms with Gasteiger partial charge in [0.2, 0.25) is 11.9 Å². The lowest BCUT2D eigenvalue weighted by Crippen LogP contribution is -2.43. The molecule has 1 unspecified atom stereocenters. The van der Waals surface area contributed by atoms with Crippen molar-refractivity contribution >= 4 is 11.7 Å². The summed E-state index contributed by atoms with van der Waals surface area (Å²) in [4.78, 5) is 27.4. The Morgan fingerprint density at radius 1 is 1.18 bits per heavy atom. The maximum Gasteiger partial charge on any atom is 0.419 e. The first-order valence-electron chi connectivity index (χ1n) is 10.5. The third-order valence-corrected chi connectivity index (χ3v) is 5.57. The molecule has 3 aromatic rings. The van der Waals surface area contributed by atoms with Gasteiger partial charge in [-0.05, 0) is 37.0 Å². The molecule has 1 fully saturated rings. The Labute approximate surface area is 187 Å². The molecule has 1 saturated heterocycles. The van der Waals surface area contributed by atoms with Gasteiger partial charge < -0.3 is 10.2 Å². The van der Waals surface area contributed by atoms with Gasteiger partial charge in [0.15, 0.2) is 0 Å². The second-order valence-corrected chi connectivity index (χ2v) is 7.78. The second kappa shape index (κ2) is 9.55. The first-order chi connectivity index (χ1) is 15.8. The van der Waals surface area contributed by atoms with Gasteiger partial charge in [-0.3, -0.25) is 9.36 Å². The molecule has 0 aliphatic carbocycles. The summed E-state index contributed by atoms with van der Waals surface area (Å²) in [7, 11) is 0. The Balaban J connectivity index is 1.45. The van der Waals surface area contributed by atoms with Crippen molar-refractivity contribution in [3.8, 4) is 5.95 Å². The van der Waals surface area contributed by atoms with Gasteiger partial charge in [-0.25, -0.2) is 14.4 Å². The highest BCUT2D eigenvalue weighted by Crippen LogP contribution is 2.34. The SMILES string of the molecule is O=C(CC1CCCCN1c1ccnc(-n2ccnc2)n1)NCc1cccc(F)c1C(F)(F)F. The predicted molar refractivity (Wildman–Crippen MR) is 112 cm³/mol. The van der Waals surface area contributed by atoms with Crippen LogP contribution in [0.2, 0.25) is 0 Å². The average Bonchev–Trinajstić information content (AvgIpc) is 3.32. The molecule has 1 amide bonds. The van der Waals surface area contributed by atoms with Crippen molar-refractivity contribution in [3.05, 3.63) is 66.1 Å². The topological polar surface area (TPSA) is 75.9 Å². The summed E-state index contributed by atoms with van der Waals surface area (Å²) in [5.74, 6) is -0.654. The van der Waals surface area contributed by atoms with Crippen molar-refractivity contribution < 1.29 is 22.4 Å². The highest BCUT2D eigenvalue weighted by molar-refractivity contribution is 5.77. The molecule has 3 heterocycles. The zero-order valence-electron chi connectivity index (χ0n) is 17.6. The van der Waals surface area contributed by atoms with Crippen LogP contribution in [0.3, 0.4) is 0 Å². The molecular weight excluding hydrogens is 440 g/mol. The number of hydrogen-bond acceptors (Lipinski definition) is 5. The number of aromatic nitrogens is 4. The van der Waals surface area contributed by atoms with Gasteiger partial charge in [0.05, 0.1) is 5.56 Å². The number of alkyl halides is 3. The Kier molecular flexibility index (Phi) is 6.57. The van der Waals surface area contributed by atoms with Crippen molar-refractivity contribution in [2.45, 2.75) is 44.4 Å². The number of anilines is 1. The highest BCUT2D eigenvalue weighted by Gasteiger charge is 2.36. The largest absolute Gasteiger partial charge is 0.419 e. The first kappa shape index (κ1) is 22.7. The van der Waals surface area contributed by atoms with E-state index in [9.17, 15) is 22.4 Å². The lowest BCUT2D eigenvalue weighted by molar-refractivity contribution is -0.140. The first-order valence-corrected chi connectivity index (χ1v) is 10.5. The number of halogens is 4. The fourth-order valence-electron chi connectivity index (χ4n) is 4.03. The number of carbonyl (C=O) groups excluding carboxylic acids is 1. The number of hydrogen-bond donors (Lipinski definition) is 1. The number of rotatable bonds is 6. The Morgan fingerprint density at radius 3 is 2.79 bits per heavy atom. The van der Waals surface area contributed by atoms with E-state index in [0.29, 0.717) is 18.3 Å². The third-order valence-electron chi connectivity index (χ3n) is 5.57. The molecule has 1 N–H and O–H groups in total. The second-order valence-electron chi connectivity index (χ2n) is 7.78. The molecule has 1 aliphatic rings. The van der Waals surface area contributed by atoms with E-state index in [2.05, 4.69) is 20.3 Å². The molecule has 174 valence electrons. The van der Waals surface area contributed by atoms with Gasteiger partial charge in [0.1, 0.15) is 18.0 Å². The van der Waals surface area contributed by atoms with E-state index >= 15 is 0 Å². The molecule has 0 radical (unpaired) electrons. The van der Waals surface area contributed by atoms with Crippen LogP contribution in [0.4, 0.5) is 23.4 Å². The van der Waals surface area contributed by atoms with Gasteiger partial charge in [-0.1, -0.05) is 12.1 Å². The van der Waals surface area contributed by atoms with E-state index in [4.69, 9.17) is 0 Å². The molecule has 1 aromatic carbocycles. The Morgan fingerprint density at radius 2 is 2.03 bits per heavy atom. The fraction of sp³-hybridized carbons (Fsp3) is 0.364. The minimum Gasteiger partial charge on any atom is -0.353 e. The standard InChI is InChI=1S/C22H22F4N6O/c23-17-6-3-4-15(20(17)22(24,25)26)13-29-19(33)12-16-5-1-2-10-32(16)18-7-8-28-21(30-18)31-11-9-27-14-31/h3-4,6-9,11,14,16H,1-2,5,10,12-13H2,(H,29,33). The van der Waals surface area contributed by atoms with Crippen LogP contribution < -0.4 is 10.2 Å². The number of carbonyl (C=O) groups is 1. The molecule has 4 rings (SSSR count). The number of amides is 1. The zero-order valence-corrected chi connectivity index (χ0v) is 17.6. The van der Waals surface area contributed by atoms with E-state index < -0.39 is 30.0 Å². The van der Waals surface area contributed by atoms with Gasteiger partial charge in [0, 0.05) is 44.1 Å². The molecule has 11 heteroatoms. The molecule has 0 bridgehead atoms. The maximum atomic E-state index is 13.8. The summed E-state index contributed by atoms with van der Waals surface area (Å²) < 4.78 is 55.0. The van der Waals surface area contributed by atoms with E-state index in [0.717, 1.165) is 31.4 Å². The van der Waals surface area contributed by atoms with Gasteiger partial charge in [0.25, 0.3) is 0 Å². The Hall–Kier alpha value is -3.50. The molecule has 2 aromatic heterocycles. The fourth-order valence-corrected chi connectivity index (χ4v) is 4.03. The van der Waals surface area contributed by atoms with Crippen molar-refractivity contribution in [1.82, 2.24) is 24.8 Å². The number of nitrogens with zero attached hydrogens (tertiary/aromatic N) is 5. The minimum absolute atomic E-state index is 0.0844. The number of imidazole rings is 1. The quantitative estimate of drug-likeness (QED) is 0.563. The van der Waals surface area contributed by atoms with Gasteiger partial charge >= 0.3 is 6.18 Å². The smallest absolute Gasteiger partial charge is 0.353 e. The highest BCUT2D eigenvalue weighted by atomic mass is 19.4. The van der Waals surface area contributed by atoms with Crippen LogP contribution >= 0.6 is 0 Å². The van der Waals surface area contributed by atoms with Crippen molar-refractivity contribution in [2.75, 3.05) is 11.4 Å². The maximum absolute atomic E-state index is 13.8. The lowest BCUT2D eigenvalue weighted by Gasteiger charge is -2.36. The third kappa shape index (κ3) is 5.29. The van der Waals surface area contributed by atoms with Crippen molar-refractivity contribution in [2.24, 2.45) is 0 Å². The average molecular weight is 462 g/mol. The van der Waals surface area contributed by atoms with Crippen LogP contribution in [0.5, 0.6) is 0 Å². The number of nitrogens with one attached hydrogen (secondary N) is 1. The summed E-state index contributed by atoms with van der Waals surface area (Å²) in [6, 6.07) is 4.71. The number of piperidine rings is 1. The molecule has 1 atom stereocenters. The molecule has 0 saturated carbocycles. The van der Waals surface area contributed by atoms with Gasteiger partial charge in [-0.2, -0.15) is 18.2 Å². The molecule has 1 aliphatic heterocycles. The normalized spacial score (nSPS) is 16.6. The summed E-state index contributed by atoms with van der Waals surface area (Å²) in [6.07, 6.45) is 4.40. The zero-order chi connectivity index (χ0) is 23.4. The number of benzene rings is 1. The summed E-state index contributed by atoms with van der Waals surface area (Å²) >= 11 is 0. The molecular formula is C22H22F4N6O. The monoisotopic (exact) mass is 462 g/mol. The predicted octanol–water partition coefficient (Wildman–Crippen LogP) is 3.89. The summed E-state index contributed by atoms with van der Waals surface area (Å²) in [5.41, 5.74) is -1.66. The van der Waals surface area contributed by atoms with Gasteiger partial charge in [-0.15, -0.1) is 0 Å². The molecule has 33 heavy (non-hydrogen) atoms. The molecule has 0 spiro atoms. The van der Waals surface area contributed by atoms with Crippen molar-refractivity contribution in [3.63, 3.8) is 0 Å². The van der Waals surface area contributed by atoms with E-state index in [1.807, 2.05) is 4.90 Å². The van der Waals surface area contributed by atoms with E-state index in [1.165, 1.54) is 6.07 Å². The summed E-state index contributed by atoms with van der Waals surface area (Å²) in [6.45, 7) is 0.289.